The number of amides is 1. The minimum absolute atomic E-state index is 0.0552. The van der Waals surface area contributed by atoms with Gasteiger partial charge in [-0.3, -0.25) is 4.79 Å². The van der Waals surface area contributed by atoms with E-state index in [9.17, 15) is 9.90 Å². The minimum Gasteiger partial charge on any atom is -0.387 e. The van der Waals surface area contributed by atoms with E-state index in [4.69, 9.17) is 0 Å². The zero-order chi connectivity index (χ0) is 15.5. The van der Waals surface area contributed by atoms with E-state index in [-0.39, 0.29) is 5.91 Å². The van der Waals surface area contributed by atoms with Crippen LogP contribution in [0.4, 0.5) is 0 Å². The monoisotopic (exact) mass is 294 g/mol. The Morgan fingerprint density at radius 1 is 1.52 bits per heavy atom. The molecule has 0 radical (unpaired) electrons. The molecule has 1 saturated heterocycles. The van der Waals surface area contributed by atoms with Crippen molar-refractivity contribution < 1.29 is 9.90 Å². The summed E-state index contributed by atoms with van der Waals surface area (Å²) in [5.41, 5.74) is -0.792. The number of hydrogen-bond acceptors (Lipinski definition) is 4. The van der Waals surface area contributed by atoms with Crippen molar-refractivity contribution in [3.05, 3.63) is 18.2 Å². The standard InChI is InChI=1S/C15H26N4O2/c1-4-13-16-7-9-18(13)10-14(20)19-8-5-6-15(21,12-19)11-17(2)3/h7,9,21H,4-6,8,10-12H2,1-3H3. The molecule has 0 spiro atoms. The van der Waals surface area contributed by atoms with E-state index in [0.717, 1.165) is 31.6 Å². The number of likely N-dealkylation sites (N-methyl/N-ethyl adjacent to an activating group) is 1. The second-order valence-electron chi connectivity index (χ2n) is 6.21. The van der Waals surface area contributed by atoms with Gasteiger partial charge < -0.3 is 19.5 Å². The Labute approximate surface area is 126 Å². The number of rotatable bonds is 5. The highest BCUT2D eigenvalue weighted by atomic mass is 16.3. The summed E-state index contributed by atoms with van der Waals surface area (Å²) in [5, 5.41) is 10.6. The lowest BCUT2D eigenvalue weighted by Crippen LogP contribution is -2.55. The van der Waals surface area contributed by atoms with Crippen LogP contribution < -0.4 is 0 Å². The van der Waals surface area contributed by atoms with Crippen LogP contribution in [0.3, 0.4) is 0 Å². The molecule has 21 heavy (non-hydrogen) atoms. The molecule has 1 fully saturated rings. The molecule has 6 heteroatoms. The number of carbonyl (C=O) groups excluding carboxylic acids is 1. The Balaban J connectivity index is 1.99. The summed E-state index contributed by atoms with van der Waals surface area (Å²) < 4.78 is 1.89. The van der Waals surface area contributed by atoms with Gasteiger partial charge in [0.05, 0.1) is 12.1 Å². The molecule has 2 rings (SSSR count). The Morgan fingerprint density at radius 3 is 2.95 bits per heavy atom. The Bertz CT molecular complexity index is 486. The second kappa shape index (κ2) is 6.58. The van der Waals surface area contributed by atoms with Gasteiger partial charge in [0.2, 0.25) is 5.91 Å². The van der Waals surface area contributed by atoms with Crippen LogP contribution in [0, 0.1) is 0 Å². The van der Waals surface area contributed by atoms with E-state index >= 15 is 0 Å². The third-order valence-corrected chi connectivity index (χ3v) is 3.94. The third kappa shape index (κ3) is 4.04. The van der Waals surface area contributed by atoms with Gasteiger partial charge in [-0.1, -0.05) is 6.92 Å². The predicted octanol–water partition coefficient (Wildman–Crippen LogP) is 0.361. The fourth-order valence-electron chi connectivity index (χ4n) is 3.09. The molecular formula is C15H26N4O2. The minimum atomic E-state index is -0.792. The SMILES string of the molecule is CCc1nccn1CC(=O)N1CCCC(O)(CN(C)C)C1. The summed E-state index contributed by atoms with van der Waals surface area (Å²) in [6.45, 7) is 4.06. The van der Waals surface area contributed by atoms with Gasteiger partial charge in [0.15, 0.2) is 0 Å². The van der Waals surface area contributed by atoms with E-state index in [0.29, 0.717) is 19.6 Å². The van der Waals surface area contributed by atoms with Gasteiger partial charge in [-0.25, -0.2) is 4.98 Å². The van der Waals surface area contributed by atoms with Crippen LogP contribution in [0.5, 0.6) is 0 Å². The van der Waals surface area contributed by atoms with E-state index < -0.39 is 5.60 Å². The van der Waals surface area contributed by atoms with Crippen LogP contribution in [0.1, 0.15) is 25.6 Å². The average molecular weight is 294 g/mol. The molecule has 6 nitrogen and oxygen atoms in total. The molecule has 1 aromatic heterocycles. The summed E-state index contributed by atoms with van der Waals surface area (Å²) in [6, 6.07) is 0. The largest absolute Gasteiger partial charge is 0.387 e. The van der Waals surface area contributed by atoms with Crippen molar-refractivity contribution >= 4 is 5.91 Å². The van der Waals surface area contributed by atoms with Crippen LogP contribution in [0.2, 0.25) is 0 Å². The molecule has 118 valence electrons. The van der Waals surface area contributed by atoms with Crippen molar-refractivity contribution in [2.45, 2.75) is 38.3 Å². The fraction of sp³-hybridized carbons (Fsp3) is 0.733. The first-order chi connectivity index (χ1) is 9.93. The molecular weight excluding hydrogens is 268 g/mol. The molecule has 0 aromatic carbocycles. The number of nitrogens with zero attached hydrogens (tertiary/aromatic N) is 4. The van der Waals surface area contributed by atoms with Gasteiger partial charge in [-0.15, -0.1) is 0 Å². The predicted molar refractivity (Wildman–Crippen MR) is 80.9 cm³/mol. The number of aromatic nitrogens is 2. The van der Waals surface area contributed by atoms with Crippen LogP contribution in [0.25, 0.3) is 0 Å². The molecule has 1 unspecified atom stereocenters. The number of likely N-dealkylation sites (tertiary alicyclic amines) is 1. The zero-order valence-corrected chi connectivity index (χ0v) is 13.2. The Morgan fingerprint density at radius 2 is 2.29 bits per heavy atom. The van der Waals surface area contributed by atoms with E-state index in [1.165, 1.54) is 0 Å². The summed E-state index contributed by atoms with van der Waals surface area (Å²) in [6.07, 6.45) is 5.98. The van der Waals surface area contributed by atoms with E-state index in [1.807, 2.05) is 36.7 Å². The van der Waals surface area contributed by atoms with Crippen molar-refractivity contribution in [2.24, 2.45) is 0 Å². The second-order valence-corrected chi connectivity index (χ2v) is 6.21. The highest BCUT2D eigenvalue weighted by molar-refractivity contribution is 5.76. The summed E-state index contributed by atoms with van der Waals surface area (Å²) in [4.78, 5) is 20.5. The normalized spacial score (nSPS) is 22.8. The molecule has 0 bridgehead atoms. The van der Waals surface area contributed by atoms with Gasteiger partial charge in [0, 0.05) is 31.9 Å². The van der Waals surface area contributed by atoms with E-state index in [1.54, 1.807) is 11.1 Å². The number of aliphatic hydroxyl groups is 1. The van der Waals surface area contributed by atoms with Crippen molar-refractivity contribution in [3.63, 3.8) is 0 Å². The maximum atomic E-state index is 12.5. The summed E-state index contributed by atoms with van der Waals surface area (Å²) in [7, 11) is 3.88. The molecule has 1 aliphatic heterocycles. The fourth-order valence-corrected chi connectivity index (χ4v) is 3.09. The molecule has 0 aliphatic carbocycles. The van der Waals surface area contributed by atoms with Gasteiger partial charge in [-0.2, -0.15) is 0 Å². The van der Waals surface area contributed by atoms with Crippen molar-refractivity contribution in [1.29, 1.82) is 0 Å². The van der Waals surface area contributed by atoms with Crippen LogP contribution in [-0.2, 0) is 17.8 Å². The summed E-state index contributed by atoms with van der Waals surface area (Å²) in [5.74, 6) is 0.975. The smallest absolute Gasteiger partial charge is 0.242 e. The lowest BCUT2D eigenvalue weighted by molar-refractivity contribution is -0.139. The number of aryl methyl sites for hydroxylation is 1. The van der Waals surface area contributed by atoms with Crippen molar-refractivity contribution in [3.8, 4) is 0 Å². The molecule has 1 aliphatic rings. The number of β-amino-alcohol motifs (C(OH)–C–C–N with tert-alkyl or cyclic N) is 1. The van der Waals surface area contributed by atoms with Crippen molar-refractivity contribution in [2.75, 3.05) is 33.7 Å². The van der Waals surface area contributed by atoms with Crippen LogP contribution in [0.15, 0.2) is 12.4 Å². The highest BCUT2D eigenvalue weighted by Gasteiger charge is 2.35. The number of imidazole rings is 1. The van der Waals surface area contributed by atoms with Crippen molar-refractivity contribution in [1.82, 2.24) is 19.4 Å². The first-order valence-electron chi connectivity index (χ1n) is 7.58. The molecule has 1 amide bonds. The Hall–Kier alpha value is -1.40. The topological polar surface area (TPSA) is 61.6 Å². The lowest BCUT2D eigenvalue weighted by Gasteiger charge is -2.40. The van der Waals surface area contributed by atoms with Gasteiger partial charge in [0.25, 0.3) is 0 Å². The zero-order valence-electron chi connectivity index (χ0n) is 13.2. The van der Waals surface area contributed by atoms with Crippen LogP contribution >= 0.6 is 0 Å². The molecule has 0 saturated carbocycles. The maximum Gasteiger partial charge on any atom is 0.242 e. The van der Waals surface area contributed by atoms with E-state index in [2.05, 4.69) is 4.98 Å². The average Bonchev–Trinajstić information content (AvgIpc) is 2.84. The Kier molecular flexibility index (Phi) is 5.00. The van der Waals surface area contributed by atoms with Crippen LogP contribution in [-0.4, -0.2) is 69.7 Å². The lowest BCUT2D eigenvalue weighted by atomic mass is 9.92. The number of carbonyl (C=O) groups is 1. The molecule has 1 aromatic rings. The first-order valence-corrected chi connectivity index (χ1v) is 7.58. The first kappa shape index (κ1) is 16.0. The number of piperidine rings is 1. The van der Waals surface area contributed by atoms with Gasteiger partial charge in [-0.05, 0) is 26.9 Å². The molecule has 1 atom stereocenters. The maximum absolute atomic E-state index is 12.5. The number of hydrogen-bond donors (Lipinski definition) is 1. The van der Waals surface area contributed by atoms with Gasteiger partial charge in [0.1, 0.15) is 12.4 Å². The molecule has 2 heterocycles. The summed E-state index contributed by atoms with van der Waals surface area (Å²) >= 11 is 0. The highest BCUT2D eigenvalue weighted by Crippen LogP contribution is 2.22. The third-order valence-electron chi connectivity index (χ3n) is 3.94. The quantitative estimate of drug-likeness (QED) is 0.852. The molecule has 1 N–H and O–H groups in total. The van der Waals surface area contributed by atoms with Gasteiger partial charge >= 0.3 is 0 Å².